The van der Waals surface area contributed by atoms with E-state index < -0.39 is 17.9 Å². The van der Waals surface area contributed by atoms with Gasteiger partial charge in [-0.1, -0.05) is 48.5 Å². The molecule has 0 aromatic heterocycles. The van der Waals surface area contributed by atoms with Crippen LogP contribution in [-0.4, -0.2) is 29.4 Å². The summed E-state index contributed by atoms with van der Waals surface area (Å²) in [7, 11) is 0. The molecule has 5 heteroatoms. The minimum atomic E-state index is -1.03. The summed E-state index contributed by atoms with van der Waals surface area (Å²) in [6, 6.07) is 16.2. The standard InChI is InChI=1S/C19H18O4S/c20-18(9-12(11-24)19(21)22)23-10-17-15-7-3-1-5-13(15)14-6-2-4-8-16(14)17/h1-8,12,17,24H,9-11H2,(H,21,22). The molecular weight excluding hydrogens is 324 g/mol. The number of rotatable bonds is 6. The number of carboxylic acid groups (broad SMARTS) is 1. The zero-order valence-electron chi connectivity index (χ0n) is 13.0. The van der Waals surface area contributed by atoms with Crippen molar-refractivity contribution in [2.75, 3.05) is 12.4 Å². The van der Waals surface area contributed by atoms with E-state index in [9.17, 15) is 9.59 Å². The summed E-state index contributed by atoms with van der Waals surface area (Å²) in [6.45, 7) is 0.214. The molecule has 124 valence electrons. The zero-order chi connectivity index (χ0) is 17.1. The fraction of sp³-hybridized carbons (Fsp3) is 0.263. The molecular formula is C19H18O4S. The number of esters is 1. The number of carbonyl (C=O) groups excluding carboxylic acids is 1. The molecule has 0 spiro atoms. The smallest absolute Gasteiger partial charge is 0.307 e. The van der Waals surface area contributed by atoms with Crippen LogP contribution < -0.4 is 0 Å². The lowest BCUT2D eigenvalue weighted by Gasteiger charge is -2.15. The van der Waals surface area contributed by atoms with E-state index in [0.29, 0.717) is 0 Å². The van der Waals surface area contributed by atoms with Crippen molar-refractivity contribution in [2.24, 2.45) is 5.92 Å². The van der Waals surface area contributed by atoms with Crippen molar-refractivity contribution in [1.82, 2.24) is 0 Å². The summed E-state index contributed by atoms with van der Waals surface area (Å²) in [6.07, 6.45) is -0.158. The van der Waals surface area contributed by atoms with E-state index in [-0.39, 0.29) is 24.7 Å². The topological polar surface area (TPSA) is 63.6 Å². The number of fused-ring (bicyclic) bond motifs is 3. The van der Waals surface area contributed by atoms with Crippen molar-refractivity contribution in [3.8, 4) is 11.1 Å². The predicted molar refractivity (Wildman–Crippen MR) is 94.3 cm³/mol. The third-order valence-corrected chi connectivity index (χ3v) is 4.80. The van der Waals surface area contributed by atoms with Gasteiger partial charge < -0.3 is 9.84 Å². The first-order chi connectivity index (χ1) is 11.6. The van der Waals surface area contributed by atoms with Crippen LogP contribution >= 0.6 is 12.6 Å². The Labute approximate surface area is 145 Å². The molecule has 0 saturated heterocycles. The highest BCUT2D eigenvalue weighted by Gasteiger charge is 2.29. The Kier molecular flexibility index (Phi) is 4.90. The van der Waals surface area contributed by atoms with E-state index in [1.54, 1.807) is 0 Å². The van der Waals surface area contributed by atoms with Gasteiger partial charge in [-0.25, -0.2) is 0 Å². The van der Waals surface area contributed by atoms with E-state index in [0.717, 1.165) is 22.3 Å². The van der Waals surface area contributed by atoms with Gasteiger partial charge in [0.05, 0.1) is 12.3 Å². The number of hydrogen-bond acceptors (Lipinski definition) is 4. The van der Waals surface area contributed by atoms with Gasteiger partial charge in [0, 0.05) is 11.7 Å². The predicted octanol–water partition coefficient (Wildman–Crippen LogP) is 3.36. The molecule has 1 aliphatic rings. The zero-order valence-corrected chi connectivity index (χ0v) is 13.9. The van der Waals surface area contributed by atoms with Crippen LogP contribution in [-0.2, 0) is 14.3 Å². The lowest BCUT2D eigenvalue weighted by molar-refractivity contribution is -0.151. The summed E-state index contributed by atoms with van der Waals surface area (Å²) in [5, 5.41) is 9.01. The number of carbonyl (C=O) groups is 2. The van der Waals surface area contributed by atoms with Crippen molar-refractivity contribution < 1.29 is 19.4 Å². The number of benzene rings is 2. The Hall–Kier alpha value is -2.27. The van der Waals surface area contributed by atoms with Crippen LogP contribution in [0.2, 0.25) is 0 Å². The minimum Gasteiger partial charge on any atom is -0.481 e. The molecule has 1 atom stereocenters. The highest BCUT2D eigenvalue weighted by molar-refractivity contribution is 7.80. The van der Waals surface area contributed by atoms with E-state index in [1.807, 2.05) is 36.4 Å². The number of hydrogen-bond donors (Lipinski definition) is 2. The molecule has 0 amide bonds. The van der Waals surface area contributed by atoms with Crippen molar-refractivity contribution in [2.45, 2.75) is 12.3 Å². The molecule has 2 aromatic rings. The summed E-state index contributed by atoms with van der Waals surface area (Å²) < 4.78 is 5.39. The van der Waals surface area contributed by atoms with Crippen LogP contribution in [0.1, 0.15) is 23.5 Å². The Morgan fingerprint density at radius 1 is 1.04 bits per heavy atom. The fourth-order valence-corrected chi connectivity index (χ4v) is 3.39. The highest BCUT2D eigenvalue weighted by atomic mass is 32.1. The normalized spacial score (nSPS) is 13.9. The number of carboxylic acids is 1. The van der Waals surface area contributed by atoms with Crippen LogP contribution in [0, 0.1) is 5.92 Å². The molecule has 1 unspecified atom stereocenters. The molecule has 0 saturated carbocycles. The SMILES string of the molecule is O=C(CC(CS)C(=O)O)OCC1c2ccccc2-c2ccccc21. The van der Waals surface area contributed by atoms with Crippen LogP contribution in [0.5, 0.6) is 0 Å². The molecule has 0 radical (unpaired) electrons. The third-order valence-electron chi connectivity index (χ3n) is 4.36. The van der Waals surface area contributed by atoms with Gasteiger partial charge in [0.2, 0.25) is 0 Å². The average molecular weight is 342 g/mol. The molecule has 2 aromatic carbocycles. The van der Waals surface area contributed by atoms with E-state index in [1.165, 1.54) is 0 Å². The molecule has 24 heavy (non-hydrogen) atoms. The molecule has 3 rings (SSSR count). The maximum absolute atomic E-state index is 12.0. The van der Waals surface area contributed by atoms with Crippen molar-refractivity contribution in [3.05, 3.63) is 59.7 Å². The summed E-state index contributed by atoms with van der Waals surface area (Å²) >= 11 is 3.97. The lowest BCUT2D eigenvalue weighted by atomic mass is 9.98. The Balaban J connectivity index is 1.74. The molecule has 0 bridgehead atoms. The monoisotopic (exact) mass is 342 g/mol. The quantitative estimate of drug-likeness (QED) is 0.624. The Morgan fingerprint density at radius 3 is 2.08 bits per heavy atom. The van der Waals surface area contributed by atoms with Gasteiger partial charge in [-0.05, 0) is 22.3 Å². The van der Waals surface area contributed by atoms with Crippen molar-refractivity contribution in [3.63, 3.8) is 0 Å². The number of ether oxygens (including phenoxy) is 1. The molecule has 4 nitrogen and oxygen atoms in total. The first kappa shape index (κ1) is 16.6. The van der Waals surface area contributed by atoms with E-state index >= 15 is 0 Å². The molecule has 0 heterocycles. The van der Waals surface area contributed by atoms with Crippen LogP contribution in [0.3, 0.4) is 0 Å². The van der Waals surface area contributed by atoms with Gasteiger partial charge in [-0.2, -0.15) is 12.6 Å². The summed E-state index contributed by atoms with van der Waals surface area (Å²) in [5.41, 5.74) is 4.59. The second kappa shape index (κ2) is 7.09. The van der Waals surface area contributed by atoms with Crippen LogP contribution in [0.15, 0.2) is 48.5 Å². The molecule has 0 fully saturated rings. The van der Waals surface area contributed by atoms with Gasteiger partial charge >= 0.3 is 11.9 Å². The second-order valence-corrected chi connectivity index (χ2v) is 6.20. The molecule has 1 aliphatic carbocycles. The van der Waals surface area contributed by atoms with Crippen molar-refractivity contribution >= 4 is 24.6 Å². The van der Waals surface area contributed by atoms with Gasteiger partial charge in [-0.3, -0.25) is 9.59 Å². The summed E-state index contributed by atoms with van der Waals surface area (Å²) in [5.74, 6) is -2.25. The Morgan fingerprint density at radius 2 is 1.58 bits per heavy atom. The highest BCUT2D eigenvalue weighted by Crippen LogP contribution is 2.44. The van der Waals surface area contributed by atoms with E-state index in [4.69, 9.17) is 9.84 Å². The van der Waals surface area contributed by atoms with Crippen LogP contribution in [0.25, 0.3) is 11.1 Å². The third kappa shape index (κ3) is 3.17. The number of thiol groups is 1. The van der Waals surface area contributed by atoms with Gasteiger partial charge in [-0.15, -0.1) is 0 Å². The van der Waals surface area contributed by atoms with Gasteiger partial charge in [0.15, 0.2) is 0 Å². The molecule has 0 aliphatic heterocycles. The average Bonchev–Trinajstić information content (AvgIpc) is 2.91. The summed E-state index contributed by atoms with van der Waals surface area (Å²) in [4.78, 5) is 23.0. The largest absolute Gasteiger partial charge is 0.481 e. The minimum absolute atomic E-state index is 0.0133. The fourth-order valence-electron chi connectivity index (χ4n) is 3.11. The van der Waals surface area contributed by atoms with Gasteiger partial charge in [0.1, 0.15) is 6.61 Å². The van der Waals surface area contributed by atoms with E-state index in [2.05, 4.69) is 24.8 Å². The first-order valence-corrected chi connectivity index (χ1v) is 8.42. The first-order valence-electron chi connectivity index (χ1n) is 7.79. The maximum Gasteiger partial charge on any atom is 0.307 e. The lowest BCUT2D eigenvalue weighted by Crippen LogP contribution is -2.22. The van der Waals surface area contributed by atoms with Gasteiger partial charge in [0.25, 0.3) is 0 Å². The number of aliphatic carboxylic acids is 1. The Bertz CT molecular complexity index is 726. The van der Waals surface area contributed by atoms with Crippen LogP contribution in [0.4, 0.5) is 0 Å². The molecule has 1 N–H and O–H groups in total. The second-order valence-electron chi connectivity index (χ2n) is 5.83. The van der Waals surface area contributed by atoms with Crippen molar-refractivity contribution in [1.29, 1.82) is 0 Å². The maximum atomic E-state index is 12.0.